The van der Waals surface area contributed by atoms with Gasteiger partial charge < -0.3 is 19.1 Å². The molecule has 0 atom stereocenters. The first-order valence-electron chi connectivity index (χ1n) is 5.85. The standard InChI is InChI=1S/C13H15NO5/c1-14(12(15)8-13(16)17-2)9-3-4-10-11(7-9)19-6-5-18-10/h3-4,7H,5-6,8H2,1-2H3. The first kappa shape index (κ1) is 13.2. The molecule has 102 valence electrons. The molecule has 0 saturated carbocycles. The summed E-state index contributed by atoms with van der Waals surface area (Å²) < 4.78 is 15.3. The second-order valence-electron chi connectivity index (χ2n) is 4.03. The molecule has 1 aromatic rings. The number of nitrogens with zero attached hydrogens (tertiary/aromatic N) is 1. The van der Waals surface area contributed by atoms with Crippen LogP contribution in [0.15, 0.2) is 18.2 Å². The van der Waals surface area contributed by atoms with Crippen molar-refractivity contribution in [3.8, 4) is 11.5 Å². The van der Waals surface area contributed by atoms with Gasteiger partial charge >= 0.3 is 5.97 Å². The van der Waals surface area contributed by atoms with Crippen molar-refractivity contribution in [1.82, 2.24) is 0 Å². The van der Waals surface area contributed by atoms with Crippen LogP contribution in [0.2, 0.25) is 0 Å². The topological polar surface area (TPSA) is 65.1 Å². The molecule has 0 fully saturated rings. The van der Waals surface area contributed by atoms with Crippen LogP contribution >= 0.6 is 0 Å². The van der Waals surface area contributed by atoms with Gasteiger partial charge in [-0.25, -0.2) is 0 Å². The molecule has 6 heteroatoms. The Balaban J connectivity index is 2.12. The van der Waals surface area contributed by atoms with Gasteiger partial charge in [-0.15, -0.1) is 0 Å². The fraction of sp³-hybridized carbons (Fsp3) is 0.385. The lowest BCUT2D eigenvalue weighted by Gasteiger charge is -2.22. The first-order chi connectivity index (χ1) is 9.11. The maximum absolute atomic E-state index is 11.8. The summed E-state index contributed by atoms with van der Waals surface area (Å²) in [5.74, 6) is 0.350. The molecule has 2 rings (SSSR count). The number of carbonyl (C=O) groups excluding carboxylic acids is 2. The maximum Gasteiger partial charge on any atom is 0.315 e. The average molecular weight is 265 g/mol. The van der Waals surface area contributed by atoms with E-state index in [9.17, 15) is 9.59 Å². The lowest BCUT2D eigenvalue weighted by Crippen LogP contribution is -2.28. The maximum atomic E-state index is 11.8. The van der Waals surface area contributed by atoms with E-state index in [2.05, 4.69) is 4.74 Å². The highest BCUT2D eigenvalue weighted by Gasteiger charge is 2.18. The van der Waals surface area contributed by atoms with Gasteiger partial charge in [0.2, 0.25) is 5.91 Å². The average Bonchev–Trinajstić information content (AvgIpc) is 2.45. The molecule has 19 heavy (non-hydrogen) atoms. The Hall–Kier alpha value is -2.24. The molecule has 6 nitrogen and oxygen atoms in total. The number of carbonyl (C=O) groups is 2. The zero-order chi connectivity index (χ0) is 13.8. The van der Waals surface area contributed by atoms with Crippen molar-refractivity contribution in [3.63, 3.8) is 0 Å². The minimum atomic E-state index is -0.561. The molecule has 0 radical (unpaired) electrons. The van der Waals surface area contributed by atoms with Crippen molar-refractivity contribution in [1.29, 1.82) is 0 Å². The number of hydrogen-bond donors (Lipinski definition) is 0. The molecule has 1 heterocycles. The Morgan fingerprint density at radius 3 is 2.63 bits per heavy atom. The highest BCUT2D eigenvalue weighted by atomic mass is 16.6. The summed E-state index contributed by atoms with van der Waals surface area (Å²) in [5.41, 5.74) is 0.637. The molecular formula is C13H15NO5. The Morgan fingerprint density at radius 2 is 1.95 bits per heavy atom. The number of ether oxygens (including phenoxy) is 3. The lowest BCUT2D eigenvalue weighted by atomic mass is 10.2. The van der Waals surface area contributed by atoms with Gasteiger partial charge in [-0.05, 0) is 12.1 Å². The second-order valence-corrected chi connectivity index (χ2v) is 4.03. The Bertz CT molecular complexity index is 500. The molecule has 0 bridgehead atoms. The summed E-state index contributed by atoms with van der Waals surface area (Å²) in [6.07, 6.45) is -0.290. The fourth-order valence-electron chi connectivity index (χ4n) is 1.70. The van der Waals surface area contributed by atoms with E-state index in [1.807, 2.05) is 0 Å². The number of anilines is 1. The van der Waals surface area contributed by atoms with E-state index >= 15 is 0 Å². The van der Waals surface area contributed by atoms with Gasteiger partial charge in [0.05, 0.1) is 7.11 Å². The molecule has 1 aliphatic rings. The van der Waals surface area contributed by atoms with Gasteiger partial charge in [-0.3, -0.25) is 9.59 Å². The minimum absolute atomic E-state index is 0.290. The molecule has 1 amide bonds. The van der Waals surface area contributed by atoms with Crippen molar-refractivity contribution >= 4 is 17.6 Å². The van der Waals surface area contributed by atoms with Gasteiger partial charge in [-0.1, -0.05) is 0 Å². The van der Waals surface area contributed by atoms with Crippen molar-refractivity contribution in [2.45, 2.75) is 6.42 Å². The largest absolute Gasteiger partial charge is 0.486 e. The van der Waals surface area contributed by atoms with E-state index in [0.717, 1.165) is 0 Å². The van der Waals surface area contributed by atoms with E-state index in [1.165, 1.54) is 12.0 Å². The molecule has 1 aliphatic heterocycles. The molecule has 0 N–H and O–H groups in total. The summed E-state index contributed by atoms with van der Waals surface area (Å²) in [7, 11) is 2.84. The predicted octanol–water partition coefficient (Wildman–Crippen LogP) is 0.984. The summed E-state index contributed by atoms with van der Waals surface area (Å²) in [6, 6.07) is 5.19. The van der Waals surface area contributed by atoms with E-state index < -0.39 is 5.97 Å². The molecule has 0 unspecified atom stereocenters. The Morgan fingerprint density at radius 1 is 1.26 bits per heavy atom. The third-order valence-electron chi connectivity index (χ3n) is 2.81. The van der Waals surface area contributed by atoms with Gasteiger partial charge in [0.1, 0.15) is 19.6 Å². The summed E-state index contributed by atoms with van der Waals surface area (Å²) in [4.78, 5) is 24.3. The number of esters is 1. The van der Waals surface area contributed by atoms with Crippen molar-refractivity contribution < 1.29 is 23.8 Å². The van der Waals surface area contributed by atoms with Crippen LogP contribution in [0, 0.1) is 0 Å². The molecule has 0 saturated heterocycles. The third kappa shape index (κ3) is 2.96. The number of benzene rings is 1. The first-order valence-corrected chi connectivity index (χ1v) is 5.85. The van der Waals surface area contributed by atoms with Crippen molar-refractivity contribution in [2.24, 2.45) is 0 Å². The molecular weight excluding hydrogens is 250 g/mol. The van der Waals surface area contributed by atoms with E-state index in [1.54, 1.807) is 25.2 Å². The molecule has 1 aromatic carbocycles. The molecule has 0 spiro atoms. The quantitative estimate of drug-likeness (QED) is 0.602. The van der Waals surface area contributed by atoms with Crippen molar-refractivity contribution in [3.05, 3.63) is 18.2 Å². The van der Waals surface area contributed by atoms with Gasteiger partial charge in [0.25, 0.3) is 0 Å². The van der Waals surface area contributed by atoms with Gasteiger partial charge in [0, 0.05) is 18.8 Å². The zero-order valence-electron chi connectivity index (χ0n) is 10.8. The Labute approximate surface area is 110 Å². The van der Waals surface area contributed by atoms with Crippen LogP contribution in [0.4, 0.5) is 5.69 Å². The van der Waals surface area contributed by atoms with Crippen LogP contribution < -0.4 is 14.4 Å². The Kier molecular flexibility index (Phi) is 3.89. The van der Waals surface area contributed by atoms with Gasteiger partial charge in [0.15, 0.2) is 11.5 Å². The highest BCUT2D eigenvalue weighted by molar-refractivity contribution is 6.03. The predicted molar refractivity (Wildman–Crippen MR) is 67.5 cm³/mol. The number of fused-ring (bicyclic) bond motifs is 1. The summed E-state index contributed by atoms with van der Waals surface area (Å²) in [6.45, 7) is 1.000. The number of rotatable bonds is 3. The van der Waals surface area contributed by atoms with Crippen LogP contribution in [0.25, 0.3) is 0 Å². The smallest absolute Gasteiger partial charge is 0.315 e. The summed E-state index contributed by atoms with van der Waals surface area (Å²) >= 11 is 0. The van der Waals surface area contributed by atoms with E-state index in [0.29, 0.717) is 30.4 Å². The van der Waals surface area contributed by atoms with Crippen LogP contribution in [0.1, 0.15) is 6.42 Å². The van der Waals surface area contributed by atoms with E-state index in [4.69, 9.17) is 9.47 Å². The third-order valence-corrected chi connectivity index (χ3v) is 2.81. The highest BCUT2D eigenvalue weighted by Crippen LogP contribution is 2.33. The molecule has 0 aliphatic carbocycles. The monoisotopic (exact) mass is 265 g/mol. The minimum Gasteiger partial charge on any atom is -0.486 e. The molecule has 0 aromatic heterocycles. The van der Waals surface area contributed by atoms with Crippen LogP contribution in [-0.2, 0) is 14.3 Å². The van der Waals surface area contributed by atoms with Crippen LogP contribution in [-0.4, -0.2) is 39.2 Å². The van der Waals surface area contributed by atoms with Crippen LogP contribution in [0.3, 0.4) is 0 Å². The number of amides is 1. The fourth-order valence-corrected chi connectivity index (χ4v) is 1.70. The lowest BCUT2D eigenvalue weighted by molar-refractivity contribution is -0.143. The van der Waals surface area contributed by atoms with Gasteiger partial charge in [-0.2, -0.15) is 0 Å². The van der Waals surface area contributed by atoms with Crippen LogP contribution in [0.5, 0.6) is 11.5 Å². The zero-order valence-corrected chi connectivity index (χ0v) is 10.8. The normalized spacial score (nSPS) is 12.7. The second kappa shape index (κ2) is 5.60. The summed E-state index contributed by atoms with van der Waals surface area (Å²) in [5, 5.41) is 0. The van der Waals surface area contributed by atoms with E-state index in [-0.39, 0.29) is 12.3 Å². The van der Waals surface area contributed by atoms with Crippen molar-refractivity contribution in [2.75, 3.05) is 32.3 Å². The SMILES string of the molecule is COC(=O)CC(=O)N(C)c1ccc2c(c1)OCCO2. The number of hydrogen-bond acceptors (Lipinski definition) is 5. The number of methoxy groups -OCH3 is 1.